The molecule has 3 N–H and O–H groups in total. The Morgan fingerprint density at radius 2 is 1.80 bits per heavy atom. The summed E-state index contributed by atoms with van der Waals surface area (Å²) in [6.45, 7) is 8.86. The van der Waals surface area contributed by atoms with Crippen LogP contribution in [0.15, 0.2) is 18.2 Å². The van der Waals surface area contributed by atoms with Crippen LogP contribution in [0.25, 0.3) is 0 Å². The zero-order valence-electron chi connectivity index (χ0n) is 12.3. The Hall–Kier alpha value is -1.17. The summed E-state index contributed by atoms with van der Waals surface area (Å²) in [5, 5.41) is 9.83. The van der Waals surface area contributed by atoms with Gasteiger partial charge in [0.05, 0.1) is 5.60 Å². The maximum atomic E-state index is 13.0. The van der Waals surface area contributed by atoms with E-state index in [1.807, 2.05) is 13.8 Å². The molecule has 1 saturated heterocycles. The van der Waals surface area contributed by atoms with E-state index in [2.05, 4.69) is 9.80 Å². The summed E-state index contributed by atoms with van der Waals surface area (Å²) in [4.78, 5) is 4.58. The number of nitrogens with zero attached hydrogens (tertiary/aromatic N) is 2. The Balaban J connectivity index is 1.85. The van der Waals surface area contributed by atoms with E-state index in [9.17, 15) is 9.50 Å². The molecule has 0 atom stereocenters. The molecular weight excluding hydrogens is 257 g/mol. The van der Waals surface area contributed by atoms with E-state index in [0.717, 1.165) is 38.3 Å². The van der Waals surface area contributed by atoms with Gasteiger partial charge in [0.1, 0.15) is 5.82 Å². The highest BCUT2D eigenvalue weighted by molar-refractivity contribution is 5.46. The summed E-state index contributed by atoms with van der Waals surface area (Å²) in [7, 11) is 0. The first-order valence-corrected chi connectivity index (χ1v) is 7.04. The highest BCUT2D eigenvalue weighted by Gasteiger charge is 2.22. The monoisotopic (exact) mass is 281 g/mol. The molecule has 0 unspecified atom stereocenters. The molecule has 2 rings (SSSR count). The van der Waals surface area contributed by atoms with E-state index >= 15 is 0 Å². The highest BCUT2D eigenvalue weighted by atomic mass is 19.1. The molecule has 5 heteroatoms. The third-order valence-corrected chi connectivity index (χ3v) is 3.58. The molecule has 1 aliphatic heterocycles. The molecule has 0 saturated carbocycles. The van der Waals surface area contributed by atoms with Crippen molar-refractivity contribution in [3.63, 3.8) is 0 Å². The minimum atomic E-state index is -0.649. The van der Waals surface area contributed by atoms with Crippen molar-refractivity contribution in [1.82, 2.24) is 9.80 Å². The minimum Gasteiger partial charge on any atom is -0.398 e. The van der Waals surface area contributed by atoms with Gasteiger partial charge in [-0.1, -0.05) is 6.07 Å². The van der Waals surface area contributed by atoms with E-state index < -0.39 is 5.60 Å². The number of benzene rings is 1. The van der Waals surface area contributed by atoms with Gasteiger partial charge in [-0.05, 0) is 31.5 Å². The van der Waals surface area contributed by atoms with Crippen LogP contribution in [-0.2, 0) is 6.54 Å². The van der Waals surface area contributed by atoms with Crippen molar-refractivity contribution in [3.05, 3.63) is 29.6 Å². The normalized spacial score (nSPS) is 18.4. The molecule has 0 radical (unpaired) electrons. The summed E-state index contributed by atoms with van der Waals surface area (Å²) < 4.78 is 13.0. The van der Waals surface area contributed by atoms with Gasteiger partial charge in [-0.25, -0.2) is 4.39 Å². The second-order valence-electron chi connectivity index (χ2n) is 6.21. The number of anilines is 1. The van der Waals surface area contributed by atoms with Gasteiger partial charge >= 0.3 is 0 Å². The lowest BCUT2D eigenvalue weighted by Crippen LogP contribution is -2.50. The summed E-state index contributed by atoms with van der Waals surface area (Å²) in [5.74, 6) is -0.291. The van der Waals surface area contributed by atoms with E-state index in [4.69, 9.17) is 5.73 Å². The van der Waals surface area contributed by atoms with Crippen molar-refractivity contribution >= 4 is 5.69 Å². The number of nitrogens with two attached hydrogens (primary N) is 1. The van der Waals surface area contributed by atoms with Crippen LogP contribution in [0.5, 0.6) is 0 Å². The van der Waals surface area contributed by atoms with Crippen molar-refractivity contribution in [3.8, 4) is 0 Å². The van der Waals surface area contributed by atoms with Gasteiger partial charge in [0.25, 0.3) is 0 Å². The second-order valence-corrected chi connectivity index (χ2v) is 6.21. The van der Waals surface area contributed by atoms with Crippen LogP contribution >= 0.6 is 0 Å². The topological polar surface area (TPSA) is 52.7 Å². The van der Waals surface area contributed by atoms with Crippen molar-refractivity contribution in [2.45, 2.75) is 26.0 Å². The molecule has 4 nitrogen and oxygen atoms in total. The standard InChI is InChI=1S/C15H24FN3O/c1-15(2,20)11-19-7-5-18(6-8-19)10-12-3-4-13(16)9-14(12)17/h3-4,9,20H,5-8,10-11,17H2,1-2H3. The predicted molar refractivity (Wildman–Crippen MR) is 78.8 cm³/mol. The van der Waals surface area contributed by atoms with E-state index in [1.165, 1.54) is 12.1 Å². The first-order valence-electron chi connectivity index (χ1n) is 7.04. The molecule has 1 heterocycles. The average molecular weight is 281 g/mol. The molecule has 1 aliphatic rings. The fourth-order valence-corrected chi connectivity index (χ4v) is 2.60. The van der Waals surface area contributed by atoms with Crippen LogP contribution in [-0.4, -0.2) is 53.2 Å². The van der Waals surface area contributed by atoms with Gasteiger partial charge in [0.15, 0.2) is 0 Å². The summed E-state index contributed by atoms with van der Waals surface area (Å²) in [5.41, 5.74) is 6.68. The highest BCUT2D eigenvalue weighted by Crippen LogP contribution is 2.17. The third kappa shape index (κ3) is 4.44. The van der Waals surface area contributed by atoms with Crippen LogP contribution in [0, 0.1) is 5.82 Å². The Morgan fingerprint density at radius 1 is 1.20 bits per heavy atom. The van der Waals surface area contributed by atoms with E-state index in [-0.39, 0.29) is 5.82 Å². The van der Waals surface area contributed by atoms with Crippen LogP contribution < -0.4 is 5.73 Å². The molecule has 0 bridgehead atoms. The van der Waals surface area contributed by atoms with Crippen molar-refractivity contribution in [2.75, 3.05) is 38.5 Å². The maximum Gasteiger partial charge on any atom is 0.125 e. The Bertz CT molecular complexity index is 451. The quantitative estimate of drug-likeness (QED) is 0.817. The maximum absolute atomic E-state index is 13.0. The molecule has 1 fully saturated rings. The largest absolute Gasteiger partial charge is 0.398 e. The van der Waals surface area contributed by atoms with Gasteiger partial charge in [-0.3, -0.25) is 9.80 Å². The van der Waals surface area contributed by atoms with Gasteiger partial charge in [-0.15, -0.1) is 0 Å². The zero-order chi connectivity index (χ0) is 14.8. The number of piperazine rings is 1. The molecule has 1 aromatic rings. The summed E-state index contributed by atoms with van der Waals surface area (Å²) in [6.07, 6.45) is 0. The number of β-amino-alcohol motifs (C(OH)–C–C–N with tert-alkyl or cyclic N) is 1. The van der Waals surface area contributed by atoms with Crippen LogP contribution in [0.3, 0.4) is 0 Å². The number of rotatable bonds is 4. The average Bonchev–Trinajstić information content (AvgIpc) is 2.33. The lowest BCUT2D eigenvalue weighted by molar-refractivity contribution is 0.0167. The van der Waals surface area contributed by atoms with Crippen molar-refractivity contribution in [1.29, 1.82) is 0 Å². The lowest BCUT2D eigenvalue weighted by Gasteiger charge is -2.37. The number of hydrogen-bond acceptors (Lipinski definition) is 4. The smallest absolute Gasteiger partial charge is 0.125 e. The Morgan fingerprint density at radius 3 is 2.35 bits per heavy atom. The van der Waals surface area contributed by atoms with Gasteiger partial charge in [0.2, 0.25) is 0 Å². The first kappa shape index (κ1) is 15.2. The number of halogens is 1. The lowest BCUT2D eigenvalue weighted by atomic mass is 10.1. The van der Waals surface area contributed by atoms with Crippen molar-refractivity contribution < 1.29 is 9.50 Å². The second kappa shape index (κ2) is 6.08. The summed E-state index contributed by atoms with van der Waals surface area (Å²) >= 11 is 0. The zero-order valence-corrected chi connectivity index (χ0v) is 12.3. The van der Waals surface area contributed by atoms with E-state index in [0.29, 0.717) is 12.2 Å². The van der Waals surface area contributed by atoms with E-state index in [1.54, 1.807) is 6.07 Å². The predicted octanol–water partition coefficient (Wildman–Crippen LogP) is 1.30. The van der Waals surface area contributed by atoms with Crippen LogP contribution in [0.2, 0.25) is 0 Å². The van der Waals surface area contributed by atoms with Gasteiger partial charge in [0, 0.05) is 45.0 Å². The molecule has 0 aliphatic carbocycles. The molecule has 0 spiro atoms. The third-order valence-electron chi connectivity index (χ3n) is 3.58. The SMILES string of the molecule is CC(C)(O)CN1CCN(Cc2ccc(F)cc2N)CC1. The first-order chi connectivity index (χ1) is 9.33. The van der Waals surface area contributed by atoms with Crippen molar-refractivity contribution in [2.24, 2.45) is 0 Å². The molecule has 20 heavy (non-hydrogen) atoms. The Labute approximate surface area is 120 Å². The molecule has 1 aromatic carbocycles. The number of hydrogen-bond donors (Lipinski definition) is 2. The fraction of sp³-hybridized carbons (Fsp3) is 0.600. The van der Waals surface area contributed by atoms with Crippen LogP contribution in [0.4, 0.5) is 10.1 Å². The molecule has 0 aromatic heterocycles. The Kier molecular flexibility index (Phi) is 4.62. The summed E-state index contributed by atoms with van der Waals surface area (Å²) in [6, 6.07) is 4.59. The molecular formula is C15H24FN3O. The molecule has 0 amide bonds. The number of aliphatic hydroxyl groups is 1. The minimum absolute atomic E-state index is 0.291. The number of nitrogen functional groups attached to an aromatic ring is 1. The van der Waals surface area contributed by atoms with Crippen LogP contribution in [0.1, 0.15) is 19.4 Å². The fourth-order valence-electron chi connectivity index (χ4n) is 2.60. The molecule has 112 valence electrons. The van der Waals surface area contributed by atoms with Gasteiger partial charge < -0.3 is 10.8 Å². The van der Waals surface area contributed by atoms with Gasteiger partial charge in [-0.2, -0.15) is 0 Å².